The number of aromatic amines is 1. The number of hydrogen-bond acceptors (Lipinski definition) is 2. The lowest BCUT2D eigenvalue weighted by Gasteiger charge is -1.96. The van der Waals surface area contributed by atoms with Gasteiger partial charge in [0, 0.05) is 12.4 Å². The summed E-state index contributed by atoms with van der Waals surface area (Å²) >= 11 is 0. The molecule has 2 rings (SSSR count). The third kappa shape index (κ3) is 1.10. The topological polar surface area (TPSA) is 74.6 Å². The SMILES string of the molecule is Cc1cc2[nH]cc(C(=O)O)c(=O)n2c1. The minimum absolute atomic E-state index is 0.256. The summed E-state index contributed by atoms with van der Waals surface area (Å²) in [6, 6.07) is 1.77. The Morgan fingerprint density at radius 3 is 2.93 bits per heavy atom. The van der Waals surface area contributed by atoms with Gasteiger partial charge in [-0.1, -0.05) is 0 Å². The van der Waals surface area contributed by atoms with Gasteiger partial charge in [-0.2, -0.15) is 0 Å². The Labute approximate surface area is 78.6 Å². The first kappa shape index (κ1) is 8.55. The van der Waals surface area contributed by atoms with Gasteiger partial charge in [-0.25, -0.2) is 4.79 Å². The summed E-state index contributed by atoms with van der Waals surface area (Å²) in [4.78, 5) is 24.9. The number of nitrogens with one attached hydrogen (secondary N) is 1. The summed E-state index contributed by atoms with van der Waals surface area (Å²) in [6.07, 6.45) is 2.81. The van der Waals surface area contributed by atoms with Crippen LogP contribution in [0.4, 0.5) is 0 Å². The van der Waals surface area contributed by atoms with E-state index in [1.54, 1.807) is 12.3 Å². The molecule has 0 spiro atoms. The second kappa shape index (κ2) is 2.73. The number of hydrogen-bond donors (Lipinski definition) is 2. The standard InChI is InChI=1S/C9H8N2O3/c1-5-2-7-10-3-6(9(13)14)8(12)11(7)4-5/h2-4,10H,1H3,(H,13,14). The van der Waals surface area contributed by atoms with Gasteiger partial charge in [0.1, 0.15) is 11.2 Å². The van der Waals surface area contributed by atoms with Gasteiger partial charge >= 0.3 is 5.97 Å². The molecule has 5 heteroatoms. The fourth-order valence-corrected chi connectivity index (χ4v) is 1.37. The summed E-state index contributed by atoms with van der Waals surface area (Å²) in [5, 5.41) is 8.70. The molecular weight excluding hydrogens is 184 g/mol. The van der Waals surface area contributed by atoms with Crippen molar-refractivity contribution in [3.05, 3.63) is 39.9 Å². The number of aromatic carboxylic acids is 1. The Morgan fingerprint density at radius 1 is 1.57 bits per heavy atom. The van der Waals surface area contributed by atoms with E-state index in [2.05, 4.69) is 4.98 Å². The van der Waals surface area contributed by atoms with Crippen molar-refractivity contribution in [2.75, 3.05) is 0 Å². The zero-order valence-electron chi connectivity index (χ0n) is 7.44. The van der Waals surface area contributed by atoms with Crippen LogP contribution in [0.25, 0.3) is 5.65 Å². The van der Waals surface area contributed by atoms with Crippen LogP contribution < -0.4 is 5.56 Å². The van der Waals surface area contributed by atoms with E-state index in [0.717, 1.165) is 5.56 Å². The van der Waals surface area contributed by atoms with Gasteiger partial charge in [0.15, 0.2) is 0 Å². The molecule has 0 aliphatic carbocycles. The molecule has 2 heterocycles. The summed E-state index contributed by atoms with van der Waals surface area (Å²) in [7, 11) is 0. The Hall–Kier alpha value is -2.04. The van der Waals surface area contributed by atoms with Gasteiger partial charge in [0.2, 0.25) is 0 Å². The van der Waals surface area contributed by atoms with E-state index in [-0.39, 0.29) is 5.56 Å². The number of H-pyrrole nitrogens is 1. The molecule has 14 heavy (non-hydrogen) atoms. The molecule has 0 atom stereocenters. The van der Waals surface area contributed by atoms with Crippen molar-refractivity contribution in [3.8, 4) is 0 Å². The second-order valence-corrected chi connectivity index (χ2v) is 3.09. The minimum atomic E-state index is -1.22. The summed E-state index contributed by atoms with van der Waals surface area (Å²) < 4.78 is 1.29. The molecule has 72 valence electrons. The number of aromatic nitrogens is 2. The van der Waals surface area contributed by atoms with Gasteiger partial charge < -0.3 is 10.1 Å². The third-order valence-corrected chi connectivity index (χ3v) is 2.00. The van der Waals surface area contributed by atoms with Gasteiger partial charge in [-0.3, -0.25) is 9.20 Å². The highest BCUT2D eigenvalue weighted by Gasteiger charge is 2.10. The molecule has 0 bridgehead atoms. The molecule has 0 saturated heterocycles. The molecule has 2 aromatic rings. The van der Waals surface area contributed by atoms with Crippen LogP contribution in [0.2, 0.25) is 0 Å². The fraction of sp³-hybridized carbons (Fsp3) is 0.111. The Balaban J connectivity index is 2.88. The molecule has 0 radical (unpaired) electrons. The van der Waals surface area contributed by atoms with E-state index < -0.39 is 11.5 Å². The maximum atomic E-state index is 11.5. The van der Waals surface area contributed by atoms with E-state index >= 15 is 0 Å². The second-order valence-electron chi connectivity index (χ2n) is 3.09. The molecule has 0 aliphatic rings. The van der Waals surface area contributed by atoms with Crippen molar-refractivity contribution < 1.29 is 9.90 Å². The van der Waals surface area contributed by atoms with Crippen LogP contribution in [0.1, 0.15) is 15.9 Å². The maximum absolute atomic E-state index is 11.5. The number of carbonyl (C=O) groups is 1. The Kier molecular flexibility index (Phi) is 1.67. The van der Waals surface area contributed by atoms with Crippen LogP contribution in [0, 0.1) is 6.92 Å². The van der Waals surface area contributed by atoms with Crippen LogP contribution in [0.15, 0.2) is 23.3 Å². The van der Waals surface area contributed by atoms with Crippen LogP contribution in [0.5, 0.6) is 0 Å². The van der Waals surface area contributed by atoms with Crippen LogP contribution >= 0.6 is 0 Å². The van der Waals surface area contributed by atoms with E-state index in [9.17, 15) is 9.59 Å². The first-order chi connectivity index (χ1) is 6.59. The predicted molar refractivity (Wildman–Crippen MR) is 49.7 cm³/mol. The quantitative estimate of drug-likeness (QED) is 0.696. The van der Waals surface area contributed by atoms with E-state index in [1.807, 2.05) is 6.92 Å². The lowest BCUT2D eigenvalue weighted by Crippen LogP contribution is -2.21. The number of rotatable bonds is 1. The Bertz CT molecular complexity index is 565. The van der Waals surface area contributed by atoms with Crippen LogP contribution in [-0.4, -0.2) is 20.5 Å². The van der Waals surface area contributed by atoms with Crippen molar-refractivity contribution >= 4 is 11.6 Å². The van der Waals surface area contributed by atoms with Crippen molar-refractivity contribution in [1.29, 1.82) is 0 Å². The summed E-state index contributed by atoms with van der Waals surface area (Å²) in [5.41, 5.74) is 0.728. The highest BCUT2D eigenvalue weighted by Crippen LogP contribution is 2.03. The molecule has 0 saturated carbocycles. The fourth-order valence-electron chi connectivity index (χ4n) is 1.37. The summed E-state index contributed by atoms with van der Waals surface area (Å²) in [5.74, 6) is -1.22. The zero-order chi connectivity index (χ0) is 10.3. The Morgan fingerprint density at radius 2 is 2.29 bits per heavy atom. The largest absolute Gasteiger partial charge is 0.477 e. The summed E-state index contributed by atoms with van der Waals surface area (Å²) in [6.45, 7) is 1.83. The first-order valence-corrected chi connectivity index (χ1v) is 4.03. The molecule has 2 N–H and O–H groups in total. The van der Waals surface area contributed by atoms with E-state index in [1.165, 1.54) is 10.6 Å². The average molecular weight is 192 g/mol. The molecule has 0 fully saturated rings. The van der Waals surface area contributed by atoms with Crippen LogP contribution in [0.3, 0.4) is 0 Å². The lowest BCUT2D eigenvalue weighted by molar-refractivity contribution is 0.0694. The minimum Gasteiger partial charge on any atom is -0.477 e. The normalized spacial score (nSPS) is 10.6. The van der Waals surface area contributed by atoms with Gasteiger partial charge in [-0.15, -0.1) is 0 Å². The third-order valence-electron chi connectivity index (χ3n) is 2.00. The molecule has 0 aliphatic heterocycles. The lowest BCUT2D eigenvalue weighted by atomic mass is 10.3. The number of aryl methyl sites for hydroxylation is 1. The molecule has 0 aromatic carbocycles. The molecule has 0 unspecified atom stereocenters. The molecular formula is C9H8N2O3. The predicted octanol–water partition coefficient (Wildman–Crippen LogP) is 0.634. The van der Waals surface area contributed by atoms with Gasteiger partial charge in [-0.05, 0) is 18.6 Å². The average Bonchev–Trinajstić information content (AvgIpc) is 2.46. The highest BCUT2D eigenvalue weighted by molar-refractivity contribution is 5.87. The van der Waals surface area contributed by atoms with Crippen molar-refractivity contribution in [1.82, 2.24) is 9.38 Å². The van der Waals surface area contributed by atoms with Crippen molar-refractivity contribution in [3.63, 3.8) is 0 Å². The molecule has 2 aromatic heterocycles. The molecule has 0 amide bonds. The van der Waals surface area contributed by atoms with Crippen molar-refractivity contribution in [2.24, 2.45) is 0 Å². The van der Waals surface area contributed by atoms with Crippen molar-refractivity contribution in [2.45, 2.75) is 6.92 Å². The smallest absolute Gasteiger partial charge is 0.342 e. The van der Waals surface area contributed by atoms with Gasteiger partial charge in [0.25, 0.3) is 5.56 Å². The van der Waals surface area contributed by atoms with Crippen LogP contribution in [-0.2, 0) is 0 Å². The number of nitrogens with zero attached hydrogens (tertiary/aromatic N) is 1. The molecule has 5 nitrogen and oxygen atoms in total. The number of carboxylic acid groups (broad SMARTS) is 1. The number of fused-ring (bicyclic) bond motifs is 1. The zero-order valence-corrected chi connectivity index (χ0v) is 7.44. The highest BCUT2D eigenvalue weighted by atomic mass is 16.4. The number of carboxylic acids is 1. The first-order valence-electron chi connectivity index (χ1n) is 4.03. The monoisotopic (exact) mass is 192 g/mol. The van der Waals surface area contributed by atoms with Gasteiger partial charge in [0.05, 0.1) is 0 Å². The van der Waals surface area contributed by atoms with E-state index in [4.69, 9.17) is 5.11 Å². The maximum Gasteiger partial charge on any atom is 0.342 e. The van der Waals surface area contributed by atoms with E-state index in [0.29, 0.717) is 5.65 Å².